The number of halogens is 1. The number of anilines is 1. The van der Waals surface area contributed by atoms with Crippen molar-refractivity contribution >= 4 is 17.4 Å². The molecule has 0 bridgehead atoms. The fourth-order valence-electron chi connectivity index (χ4n) is 1.87. The Labute approximate surface area is 101 Å². The zero-order valence-electron chi connectivity index (χ0n) is 9.40. The molecular weight excluding hydrogens is 226 g/mol. The maximum absolute atomic E-state index is 5.83. The predicted octanol–water partition coefficient (Wildman–Crippen LogP) is 2.08. The molecule has 5 heteroatoms. The third kappa shape index (κ3) is 2.38. The fraction of sp³-hybridized carbons (Fsp3) is 0.636. The van der Waals surface area contributed by atoms with Crippen LogP contribution in [0.3, 0.4) is 0 Å². The van der Waals surface area contributed by atoms with Gasteiger partial charge >= 0.3 is 0 Å². The Kier molecular flexibility index (Phi) is 3.83. The first-order valence-corrected chi connectivity index (χ1v) is 6.07. The zero-order chi connectivity index (χ0) is 11.4. The van der Waals surface area contributed by atoms with Crippen LogP contribution in [0.15, 0.2) is 12.4 Å². The van der Waals surface area contributed by atoms with E-state index in [0.717, 1.165) is 12.4 Å². The molecule has 1 saturated carbocycles. The molecule has 0 aliphatic heterocycles. The molecule has 0 radical (unpaired) electrons. The van der Waals surface area contributed by atoms with E-state index in [0.29, 0.717) is 17.8 Å². The number of alkyl halides is 1. The summed E-state index contributed by atoms with van der Waals surface area (Å²) < 4.78 is 5.10. The van der Waals surface area contributed by atoms with Gasteiger partial charge in [-0.1, -0.05) is 0 Å². The van der Waals surface area contributed by atoms with Gasteiger partial charge in [-0.3, -0.25) is 0 Å². The van der Waals surface area contributed by atoms with Crippen LogP contribution in [0.25, 0.3) is 0 Å². The van der Waals surface area contributed by atoms with Crippen LogP contribution in [-0.2, 0) is 0 Å². The van der Waals surface area contributed by atoms with Crippen molar-refractivity contribution in [3.05, 3.63) is 12.4 Å². The van der Waals surface area contributed by atoms with Crippen molar-refractivity contribution in [1.29, 1.82) is 0 Å². The van der Waals surface area contributed by atoms with Crippen LogP contribution in [0.4, 0.5) is 5.82 Å². The molecule has 0 amide bonds. The second-order valence-electron chi connectivity index (χ2n) is 3.89. The van der Waals surface area contributed by atoms with Crippen LogP contribution in [-0.4, -0.2) is 35.5 Å². The zero-order valence-corrected chi connectivity index (χ0v) is 10.2. The summed E-state index contributed by atoms with van der Waals surface area (Å²) in [5, 5.41) is 0. The van der Waals surface area contributed by atoms with E-state index in [2.05, 4.69) is 14.9 Å². The molecule has 0 unspecified atom stereocenters. The van der Waals surface area contributed by atoms with Crippen molar-refractivity contribution in [1.82, 2.24) is 9.97 Å². The van der Waals surface area contributed by atoms with Crippen molar-refractivity contribution in [2.45, 2.75) is 25.3 Å². The Balaban J connectivity index is 2.16. The number of nitrogens with zero attached hydrogens (tertiary/aromatic N) is 3. The topological polar surface area (TPSA) is 38.2 Å². The molecule has 1 aromatic rings. The van der Waals surface area contributed by atoms with Gasteiger partial charge in [0.2, 0.25) is 5.88 Å². The Morgan fingerprint density at radius 1 is 1.50 bits per heavy atom. The molecule has 0 N–H and O–H groups in total. The number of hydrogen-bond acceptors (Lipinski definition) is 4. The van der Waals surface area contributed by atoms with Crippen LogP contribution in [0.1, 0.15) is 19.3 Å². The number of hydrogen-bond donors (Lipinski definition) is 0. The monoisotopic (exact) mass is 241 g/mol. The normalized spacial score (nSPS) is 15.6. The van der Waals surface area contributed by atoms with E-state index in [1.807, 2.05) is 6.07 Å². The highest BCUT2D eigenvalue weighted by atomic mass is 35.5. The number of aromatic nitrogens is 2. The quantitative estimate of drug-likeness (QED) is 0.740. The molecule has 1 aromatic heterocycles. The lowest BCUT2D eigenvalue weighted by molar-refractivity contribution is 0.382. The molecule has 0 spiro atoms. The highest BCUT2D eigenvalue weighted by molar-refractivity contribution is 6.18. The summed E-state index contributed by atoms with van der Waals surface area (Å²) in [5.74, 6) is 2.13. The molecule has 1 aliphatic rings. The Hall–Kier alpha value is -1.03. The minimum atomic E-state index is 0.582. The van der Waals surface area contributed by atoms with Crippen molar-refractivity contribution in [2.75, 3.05) is 24.4 Å². The summed E-state index contributed by atoms with van der Waals surface area (Å²) in [6, 6.07) is 2.45. The van der Waals surface area contributed by atoms with Crippen LogP contribution >= 0.6 is 11.6 Å². The van der Waals surface area contributed by atoms with Gasteiger partial charge in [0.05, 0.1) is 7.11 Å². The van der Waals surface area contributed by atoms with Gasteiger partial charge in [0.15, 0.2) is 0 Å². The minimum Gasteiger partial charge on any atom is -0.481 e. The number of ether oxygens (including phenoxy) is 1. The van der Waals surface area contributed by atoms with Crippen molar-refractivity contribution in [3.63, 3.8) is 0 Å². The minimum absolute atomic E-state index is 0.582. The second-order valence-corrected chi connectivity index (χ2v) is 4.26. The highest BCUT2D eigenvalue weighted by Gasteiger charge is 2.25. The maximum Gasteiger partial charge on any atom is 0.218 e. The van der Waals surface area contributed by atoms with Gasteiger partial charge in [-0.2, -0.15) is 0 Å². The van der Waals surface area contributed by atoms with Gasteiger partial charge < -0.3 is 9.64 Å². The van der Waals surface area contributed by atoms with E-state index in [1.54, 1.807) is 7.11 Å². The third-order valence-electron chi connectivity index (χ3n) is 2.97. The van der Waals surface area contributed by atoms with Crippen LogP contribution < -0.4 is 9.64 Å². The van der Waals surface area contributed by atoms with E-state index < -0.39 is 0 Å². The number of methoxy groups -OCH3 is 1. The molecule has 4 nitrogen and oxygen atoms in total. The molecule has 0 aromatic carbocycles. The maximum atomic E-state index is 5.83. The Bertz CT molecular complexity index is 344. The van der Waals surface area contributed by atoms with E-state index in [4.69, 9.17) is 16.3 Å². The second kappa shape index (κ2) is 5.34. The lowest BCUT2D eigenvalue weighted by Crippen LogP contribution is -2.41. The Morgan fingerprint density at radius 3 is 2.88 bits per heavy atom. The van der Waals surface area contributed by atoms with Crippen molar-refractivity contribution in [2.24, 2.45) is 0 Å². The average molecular weight is 242 g/mol. The molecular formula is C11H16ClN3O. The molecule has 16 heavy (non-hydrogen) atoms. The fourth-order valence-corrected chi connectivity index (χ4v) is 2.05. The first-order valence-electron chi connectivity index (χ1n) is 5.54. The highest BCUT2D eigenvalue weighted by Crippen LogP contribution is 2.29. The van der Waals surface area contributed by atoms with Gasteiger partial charge in [0, 0.05) is 24.5 Å². The summed E-state index contributed by atoms with van der Waals surface area (Å²) >= 11 is 5.83. The SMILES string of the molecule is COc1cc(N(CCCl)C2CCC2)ncn1. The third-order valence-corrected chi connectivity index (χ3v) is 3.14. The van der Waals surface area contributed by atoms with Gasteiger partial charge in [-0.05, 0) is 19.3 Å². The summed E-state index contributed by atoms with van der Waals surface area (Å²) in [5.41, 5.74) is 0. The van der Waals surface area contributed by atoms with Crippen LogP contribution in [0.2, 0.25) is 0 Å². The molecule has 1 heterocycles. The molecule has 1 fully saturated rings. The van der Waals surface area contributed by atoms with Crippen LogP contribution in [0, 0.1) is 0 Å². The Morgan fingerprint density at radius 2 is 2.31 bits per heavy atom. The van der Waals surface area contributed by atoms with Gasteiger partial charge in [0.25, 0.3) is 0 Å². The molecule has 88 valence electrons. The lowest BCUT2D eigenvalue weighted by Gasteiger charge is -2.38. The van der Waals surface area contributed by atoms with Crippen LogP contribution in [0.5, 0.6) is 5.88 Å². The first kappa shape index (κ1) is 11.5. The summed E-state index contributed by atoms with van der Waals surface area (Å²) in [7, 11) is 1.61. The smallest absolute Gasteiger partial charge is 0.218 e. The lowest BCUT2D eigenvalue weighted by atomic mass is 9.91. The molecule has 0 atom stereocenters. The van der Waals surface area contributed by atoms with Gasteiger partial charge in [-0.25, -0.2) is 9.97 Å². The average Bonchev–Trinajstić information content (AvgIpc) is 2.26. The number of rotatable bonds is 5. The predicted molar refractivity (Wildman–Crippen MR) is 64.3 cm³/mol. The summed E-state index contributed by atoms with van der Waals surface area (Å²) in [4.78, 5) is 10.5. The largest absolute Gasteiger partial charge is 0.481 e. The molecule has 1 aliphatic carbocycles. The molecule has 0 saturated heterocycles. The molecule has 2 rings (SSSR count). The van der Waals surface area contributed by atoms with E-state index in [9.17, 15) is 0 Å². The first-order chi connectivity index (χ1) is 7.85. The van der Waals surface area contributed by atoms with Crippen molar-refractivity contribution in [3.8, 4) is 5.88 Å². The van der Waals surface area contributed by atoms with Crippen molar-refractivity contribution < 1.29 is 4.74 Å². The van der Waals surface area contributed by atoms with E-state index in [1.165, 1.54) is 25.6 Å². The van der Waals surface area contributed by atoms with E-state index >= 15 is 0 Å². The summed E-state index contributed by atoms with van der Waals surface area (Å²) in [6.45, 7) is 0.826. The van der Waals surface area contributed by atoms with Gasteiger partial charge in [0.1, 0.15) is 12.1 Å². The van der Waals surface area contributed by atoms with E-state index in [-0.39, 0.29) is 0 Å². The summed E-state index contributed by atoms with van der Waals surface area (Å²) in [6.07, 6.45) is 5.28. The van der Waals surface area contributed by atoms with Gasteiger partial charge in [-0.15, -0.1) is 11.6 Å². The standard InChI is InChI=1S/C11H16ClN3O/c1-16-11-7-10(13-8-14-11)15(6-5-12)9-3-2-4-9/h7-9H,2-6H2,1H3.